The number of benzene rings is 3. The van der Waals surface area contributed by atoms with Crippen molar-refractivity contribution in [3.8, 4) is 22.6 Å². The Morgan fingerprint density at radius 1 is 0.773 bits per heavy atom. The Morgan fingerprint density at radius 2 is 1.50 bits per heavy atom. The van der Waals surface area contributed by atoms with Crippen LogP contribution in [-0.4, -0.2) is 11.2 Å². The Bertz CT molecular complexity index is 2190. The molecule has 0 atom stereocenters. The lowest BCUT2D eigenvalue weighted by molar-refractivity contribution is -0.211. The predicted molar refractivity (Wildman–Crippen MR) is 175 cm³/mol. The summed E-state index contributed by atoms with van der Waals surface area (Å²) in [6.07, 6.45) is -2.70. The number of aromatic nitrogens is 1. The SMILES string of the molecule is Cc1c(-c2cc3oc(CC(C)(C)C(F)(F)F)cc3o2)ccc2c1sc1c(-c3cc(C(C)(C)C)c4ccccc4c3)nccc12. The summed E-state index contributed by atoms with van der Waals surface area (Å²) in [5.74, 6) is 0.882. The average molecular weight is 612 g/mol. The fourth-order valence-corrected chi connectivity index (χ4v) is 7.39. The second-order valence-corrected chi connectivity index (χ2v) is 14.4. The van der Waals surface area contributed by atoms with E-state index in [4.69, 9.17) is 13.8 Å². The molecule has 4 heterocycles. The van der Waals surface area contributed by atoms with Gasteiger partial charge in [0.25, 0.3) is 0 Å². The molecule has 0 saturated carbocycles. The number of halogens is 3. The van der Waals surface area contributed by atoms with E-state index >= 15 is 0 Å². The minimum absolute atomic E-state index is 0.0350. The van der Waals surface area contributed by atoms with Gasteiger partial charge in [0.1, 0.15) is 11.5 Å². The average Bonchev–Trinajstić information content (AvgIpc) is 3.63. The lowest BCUT2D eigenvalue weighted by atomic mass is 9.82. The van der Waals surface area contributed by atoms with Crippen molar-refractivity contribution < 1.29 is 22.0 Å². The van der Waals surface area contributed by atoms with E-state index in [1.807, 2.05) is 12.3 Å². The van der Waals surface area contributed by atoms with Crippen LogP contribution in [0.4, 0.5) is 13.2 Å². The summed E-state index contributed by atoms with van der Waals surface area (Å²) in [6.45, 7) is 11.2. The number of aryl methyl sites for hydroxylation is 1. The monoisotopic (exact) mass is 611 g/mol. The number of hydrogen-bond donors (Lipinski definition) is 0. The van der Waals surface area contributed by atoms with Crippen molar-refractivity contribution in [1.82, 2.24) is 4.98 Å². The molecule has 0 amide bonds. The highest BCUT2D eigenvalue weighted by Crippen LogP contribution is 2.45. The van der Waals surface area contributed by atoms with Gasteiger partial charge in [0.15, 0.2) is 11.2 Å². The third-order valence-electron chi connectivity index (χ3n) is 8.66. The number of hydrogen-bond acceptors (Lipinski definition) is 4. The van der Waals surface area contributed by atoms with Gasteiger partial charge in [-0.1, -0.05) is 71.0 Å². The first-order chi connectivity index (χ1) is 20.7. The largest absolute Gasteiger partial charge is 0.457 e. The molecule has 3 nitrogen and oxygen atoms in total. The zero-order valence-electron chi connectivity index (χ0n) is 25.4. The molecule has 0 spiro atoms. The standard InChI is InChI=1S/C37H32F3NO2S/c1-20-24(29-18-31-30(43-29)17-23(42-31)19-36(5,6)37(38,39)40)11-12-26-27-13-14-41-32(34(27)44-33(20)26)22-15-21-9-7-8-10-25(21)28(16-22)35(2,3)4/h7-18H,19H2,1-6H3. The van der Waals surface area contributed by atoms with E-state index < -0.39 is 11.6 Å². The molecule has 0 unspecified atom stereocenters. The first-order valence-corrected chi connectivity index (χ1v) is 15.5. The molecule has 0 N–H and O–H groups in total. The number of furan rings is 2. The van der Waals surface area contributed by atoms with Gasteiger partial charge in [0, 0.05) is 51.3 Å². The van der Waals surface area contributed by atoms with E-state index in [1.54, 1.807) is 23.5 Å². The van der Waals surface area contributed by atoms with E-state index in [9.17, 15) is 13.2 Å². The summed E-state index contributed by atoms with van der Waals surface area (Å²) in [7, 11) is 0. The second-order valence-electron chi connectivity index (χ2n) is 13.4. The molecule has 0 saturated heterocycles. The fourth-order valence-electron chi connectivity index (χ4n) is 6.08. The molecule has 0 radical (unpaired) electrons. The molecule has 0 fully saturated rings. The summed E-state index contributed by atoms with van der Waals surface area (Å²) >= 11 is 1.72. The fraction of sp³-hybridized carbons (Fsp3) is 0.270. The van der Waals surface area contributed by atoms with Crippen LogP contribution in [0.1, 0.15) is 51.5 Å². The topological polar surface area (TPSA) is 39.2 Å². The van der Waals surface area contributed by atoms with Crippen molar-refractivity contribution in [2.75, 3.05) is 0 Å². The third-order valence-corrected chi connectivity index (χ3v) is 10.0. The van der Waals surface area contributed by atoms with E-state index in [-0.39, 0.29) is 17.6 Å². The summed E-state index contributed by atoms with van der Waals surface area (Å²) in [4.78, 5) is 4.89. The number of pyridine rings is 1. The Kier molecular flexibility index (Phi) is 6.32. The van der Waals surface area contributed by atoms with Crippen LogP contribution in [0.3, 0.4) is 0 Å². The number of rotatable bonds is 4. The zero-order chi connectivity index (χ0) is 31.2. The molecule has 4 aromatic heterocycles. The molecular weight excluding hydrogens is 579 g/mol. The molecule has 224 valence electrons. The van der Waals surface area contributed by atoms with Gasteiger partial charge in [-0.25, -0.2) is 0 Å². The van der Waals surface area contributed by atoms with Crippen molar-refractivity contribution in [3.05, 3.63) is 89.8 Å². The van der Waals surface area contributed by atoms with E-state index in [1.165, 1.54) is 30.2 Å². The van der Waals surface area contributed by atoms with Gasteiger partial charge < -0.3 is 8.83 Å². The highest BCUT2D eigenvalue weighted by molar-refractivity contribution is 7.26. The quantitative estimate of drug-likeness (QED) is 0.199. The zero-order valence-corrected chi connectivity index (χ0v) is 26.3. The molecular formula is C37H32F3NO2S. The molecule has 0 aliphatic rings. The van der Waals surface area contributed by atoms with Crippen LogP contribution in [0, 0.1) is 12.3 Å². The molecule has 7 aromatic rings. The van der Waals surface area contributed by atoms with Crippen LogP contribution < -0.4 is 0 Å². The van der Waals surface area contributed by atoms with Crippen molar-refractivity contribution in [3.63, 3.8) is 0 Å². The van der Waals surface area contributed by atoms with Crippen LogP contribution in [0.25, 0.3) is 64.7 Å². The highest BCUT2D eigenvalue weighted by Gasteiger charge is 2.47. The Hall–Kier alpha value is -4.10. The first kappa shape index (κ1) is 28.7. The van der Waals surface area contributed by atoms with Crippen molar-refractivity contribution in [2.45, 2.75) is 59.6 Å². The molecule has 0 aliphatic carbocycles. The van der Waals surface area contributed by atoms with E-state index in [0.717, 1.165) is 42.6 Å². The van der Waals surface area contributed by atoms with Crippen molar-refractivity contribution >= 4 is 53.4 Å². The molecule has 0 bridgehead atoms. The van der Waals surface area contributed by atoms with Gasteiger partial charge >= 0.3 is 6.18 Å². The van der Waals surface area contributed by atoms with Gasteiger partial charge in [0.2, 0.25) is 0 Å². The highest BCUT2D eigenvalue weighted by atomic mass is 32.1. The van der Waals surface area contributed by atoms with Crippen molar-refractivity contribution in [2.24, 2.45) is 5.41 Å². The molecule has 3 aromatic carbocycles. The number of alkyl halides is 3. The Labute approximate surface area is 257 Å². The van der Waals surface area contributed by atoms with Gasteiger partial charge in [-0.15, -0.1) is 11.3 Å². The summed E-state index contributed by atoms with van der Waals surface area (Å²) in [6, 6.07) is 22.6. The molecule has 7 rings (SSSR count). The lowest BCUT2D eigenvalue weighted by Crippen LogP contribution is -2.33. The molecule has 44 heavy (non-hydrogen) atoms. The minimum Gasteiger partial charge on any atom is -0.457 e. The number of thiophene rings is 1. The van der Waals surface area contributed by atoms with E-state index in [2.05, 4.69) is 76.2 Å². The van der Waals surface area contributed by atoms with Crippen LogP contribution in [0.15, 0.2) is 81.8 Å². The number of fused-ring (bicyclic) bond motifs is 5. The smallest absolute Gasteiger partial charge is 0.394 e. The summed E-state index contributed by atoms with van der Waals surface area (Å²) in [5, 5.41) is 4.76. The normalized spacial score (nSPS) is 13.2. The maximum atomic E-state index is 13.4. The van der Waals surface area contributed by atoms with Crippen molar-refractivity contribution in [1.29, 1.82) is 0 Å². The lowest BCUT2D eigenvalue weighted by Gasteiger charge is -2.26. The Balaban J connectivity index is 1.32. The second kappa shape index (κ2) is 9.70. The van der Waals surface area contributed by atoms with Gasteiger partial charge in [-0.2, -0.15) is 13.2 Å². The van der Waals surface area contributed by atoms with Crippen LogP contribution in [0.2, 0.25) is 0 Å². The minimum atomic E-state index is -4.33. The maximum absolute atomic E-state index is 13.4. The molecule has 0 aliphatic heterocycles. The van der Waals surface area contributed by atoms with Gasteiger partial charge in [-0.05, 0) is 52.4 Å². The van der Waals surface area contributed by atoms with Crippen LogP contribution in [0.5, 0.6) is 0 Å². The molecule has 7 heteroatoms. The van der Waals surface area contributed by atoms with Gasteiger partial charge in [-0.3, -0.25) is 4.98 Å². The third kappa shape index (κ3) is 4.60. The summed E-state index contributed by atoms with van der Waals surface area (Å²) in [5.41, 5.74) is 4.29. The van der Waals surface area contributed by atoms with E-state index in [0.29, 0.717) is 16.9 Å². The van der Waals surface area contributed by atoms with Gasteiger partial charge in [0.05, 0.1) is 15.8 Å². The predicted octanol–water partition coefficient (Wildman–Crippen LogP) is 12.0. The number of nitrogens with zero attached hydrogens (tertiary/aromatic N) is 1. The van der Waals surface area contributed by atoms with Crippen LogP contribution in [-0.2, 0) is 11.8 Å². The summed E-state index contributed by atoms with van der Waals surface area (Å²) < 4.78 is 54.5. The maximum Gasteiger partial charge on any atom is 0.394 e. The Morgan fingerprint density at radius 3 is 2.23 bits per heavy atom. The first-order valence-electron chi connectivity index (χ1n) is 14.7. The van der Waals surface area contributed by atoms with Crippen LogP contribution >= 0.6 is 11.3 Å².